The predicted molar refractivity (Wildman–Crippen MR) is 76.3 cm³/mol. The number of hydrogen-bond donors (Lipinski definition) is 1. The quantitative estimate of drug-likeness (QED) is 0.759. The Morgan fingerprint density at radius 2 is 1.89 bits per heavy atom. The largest absolute Gasteiger partial charge is 0.343 e. The second-order valence-corrected chi connectivity index (χ2v) is 5.65. The van der Waals surface area contributed by atoms with Crippen molar-refractivity contribution in [2.45, 2.75) is 71.3 Å². The van der Waals surface area contributed by atoms with Gasteiger partial charge in [0.25, 0.3) is 0 Å². The Labute approximate surface area is 112 Å². The summed E-state index contributed by atoms with van der Waals surface area (Å²) in [6.07, 6.45) is 8.80. The molecule has 0 aliphatic heterocycles. The second-order valence-electron chi connectivity index (χ2n) is 5.65. The molecule has 0 aromatic heterocycles. The molecule has 0 spiro atoms. The van der Waals surface area contributed by atoms with Crippen LogP contribution in [0, 0.1) is 5.92 Å². The van der Waals surface area contributed by atoms with Crippen LogP contribution >= 0.6 is 0 Å². The maximum atomic E-state index is 12.1. The van der Waals surface area contributed by atoms with E-state index in [0.717, 1.165) is 57.5 Å². The first-order valence-corrected chi connectivity index (χ1v) is 7.70. The number of unbranched alkanes of at least 4 members (excludes halogenated alkanes) is 1. The van der Waals surface area contributed by atoms with Crippen molar-refractivity contribution in [2.24, 2.45) is 11.7 Å². The Kier molecular flexibility index (Phi) is 7.33. The third-order valence-electron chi connectivity index (χ3n) is 4.17. The number of nitrogens with two attached hydrogens (primary N) is 1. The van der Waals surface area contributed by atoms with Gasteiger partial charge in [0, 0.05) is 25.6 Å². The van der Waals surface area contributed by atoms with Crippen LogP contribution in [0.15, 0.2) is 0 Å². The normalized spacial score (nSPS) is 23.9. The van der Waals surface area contributed by atoms with Crippen LogP contribution in [-0.4, -0.2) is 29.9 Å². The molecule has 1 amide bonds. The van der Waals surface area contributed by atoms with Crippen LogP contribution in [-0.2, 0) is 4.79 Å². The van der Waals surface area contributed by atoms with Gasteiger partial charge in [0.2, 0.25) is 5.91 Å². The van der Waals surface area contributed by atoms with Crippen molar-refractivity contribution in [1.82, 2.24) is 4.90 Å². The molecule has 0 atom stereocenters. The van der Waals surface area contributed by atoms with Gasteiger partial charge in [-0.05, 0) is 51.4 Å². The van der Waals surface area contributed by atoms with Crippen molar-refractivity contribution in [3.8, 4) is 0 Å². The minimum atomic E-state index is 0.348. The lowest BCUT2D eigenvalue weighted by Gasteiger charge is -2.27. The number of nitrogens with zero attached hydrogens (tertiary/aromatic N) is 1. The van der Waals surface area contributed by atoms with Gasteiger partial charge in [-0.25, -0.2) is 0 Å². The predicted octanol–water partition coefficient (Wildman–Crippen LogP) is 2.93. The number of amides is 1. The van der Waals surface area contributed by atoms with E-state index in [1.165, 1.54) is 12.8 Å². The Morgan fingerprint density at radius 3 is 2.44 bits per heavy atom. The Balaban J connectivity index is 2.22. The highest BCUT2D eigenvalue weighted by Crippen LogP contribution is 2.27. The molecular weight excluding hydrogens is 224 g/mol. The molecule has 0 saturated heterocycles. The van der Waals surface area contributed by atoms with Crippen molar-refractivity contribution in [2.75, 3.05) is 13.1 Å². The maximum absolute atomic E-state index is 12.1. The van der Waals surface area contributed by atoms with Crippen LogP contribution in [0.25, 0.3) is 0 Å². The monoisotopic (exact) mass is 254 g/mol. The molecule has 1 aliphatic rings. The van der Waals surface area contributed by atoms with Crippen molar-refractivity contribution < 1.29 is 4.79 Å². The van der Waals surface area contributed by atoms with Gasteiger partial charge in [-0.2, -0.15) is 0 Å². The number of carbonyl (C=O) groups is 1. The summed E-state index contributed by atoms with van der Waals surface area (Å²) < 4.78 is 0. The van der Waals surface area contributed by atoms with Gasteiger partial charge in [-0.3, -0.25) is 4.79 Å². The minimum absolute atomic E-state index is 0.348. The fourth-order valence-corrected chi connectivity index (χ4v) is 2.77. The van der Waals surface area contributed by atoms with Crippen molar-refractivity contribution in [1.29, 1.82) is 0 Å². The molecule has 1 rings (SSSR count). The Morgan fingerprint density at radius 1 is 1.22 bits per heavy atom. The number of hydrogen-bond acceptors (Lipinski definition) is 2. The highest BCUT2D eigenvalue weighted by atomic mass is 16.2. The lowest BCUT2D eigenvalue weighted by molar-refractivity contribution is -0.131. The lowest BCUT2D eigenvalue weighted by Crippen LogP contribution is -2.32. The molecule has 1 saturated carbocycles. The molecule has 1 aliphatic carbocycles. The summed E-state index contributed by atoms with van der Waals surface area (Å²) in [5.41, 5.74) is 5.90. The van der Waals surface area contributed by atoms with Crippen LogP contribution in [0.1, 0.15) is 65.2 Å². The van der Waals surface area contributed by atoms with Gasteiger partial charge in [-0.15, -0.1) is 0 Å². The average Bonchev–Trinajstić information content (AvgIpc) is 2.39. The van der Waals surface area contributed by atoms with E-state index < -0.39 is 0 Å². The lowest BCUT2D eigenvalue weighted by atomic mass is 9.84. The third kappa shape index (κ3) is 5.38. The molecule has 0 aromatic carbocycles. The molecule has 1 fully saturated rings. The molecule has 0 bridgehead atoms. The molecule has 2 N–H and O–H groups in total. The van der Waals surface area contributed by atoms with E-state index in [0.29, 0.717) is 11.9 Å². The van der Waals surface area contributed by atoms with Gasteiger partial charge < -0.3 is 10.6 Å². The molecule has 0 unspecified atom stereocenters. The van der Waals surface area contributed by atoms with E-state index in [2.05, 4.69) is 13.8 Å². The van der Waals surface area contributed by atoms with Gasteiger partial charge in [0.1, 0.15) is 0 Å². The first kappa shape index (κ1) is 15.5. The van der Waals surface area contributed by atoms with Gasteiger partial charge >= 0.3 is 0 Å². The first-order valence-electron chi connectivity index (χ1n) is 7.70. The zero-order chi connectivity index (χ0) is 13.4. The highest BCUT2D eigenvalue weighted by molar-refractivity contribution is 5.76. The molecular formula is C15H30N2O. The summed E-state index contributed by atoms with van der Waals surface area (Å²) in [4.78, 5) is 14.1. The SMILES string of the molecule is CCCCN(CC)C(=O)CCC1CCC(N)CC1. The maximum Gasteiger partial charge on any atom is 0.222 e. The molecule has 18 heavy (non-hydrogen) atoms. The van der Waals surface area contributed by atoms with E-state index in [4.69, 9.17) is 5.73 Å². The Bertz CT molecular complexity index is 235. The van der Waals surface area contributed by atoms with E-state index in [1.807, 2.05) is 4.90 Å². The topological polar surface area (TPSA) is 46.3 Å². The van der Waals surface area contributed by atoms with E-state index in [-0.39, 0.29) is 0 Å². The van der Waals surface area contributed by atoms with Crippen LogP contribution < -0.4 is 5.73 Å². The van der Waals surface area contributed by atoms with Crippen LogP contribution in [0.5, 0.6) is 0 Å². The van der Waals surface area contributed by atoms with Gasteiger partial charge in [0.15, 0.2) is 0 Å². The molecule has 0 heterocycles. The zero-order valence-corrected chi connectivity index (χ0v) is 12.2. The van der Waals surface area contributed by atoms with Crippen molar-refractivity contribution in [3.63, 3.8) is 0 Å². The van der Waals surface area contributed by atoms with Crippen LogP contribution in [0.3, 0.4) is 0 Å². The fourth-order valence-electron chi connectivity index (χ4n) is 2.77. The molecule has 3 heteroatoms. The van der Waals surface area contributed by atoms with E-state index in [1.54, 1.807) is 0 Å². The molecule has 0 aromatic rings. The summed E-state index contributed by atoms with van der Waals surface area (Å²) >= 11 is 0. The number of rotatable bonds is 7. The summed E-state index contributed by atoms with van der Waals surface area (Å²) in [5, 5.41) is 0. The zero-order valence-electron chi connectivity index (χ0n) is 12.2. The smallest absolute Gasteiger partial charge is 0.222 e. The van der Waals surface area contributed by atoms with Crippen LogP contribution in [0.4, 0.5) is 0 Å². The highest BCUT2D eigenvalue weighted by Gasteiger charge is 2.20. The summed E-state index contributed by atoms with van der Waals surface area (Å²) in [5.74, 6) is 1.08. The van der Waals surface area contributed by atoms with Crippen molar-refractivity contribution in [3.05, 3.63) is 0 Å². The molecule has 0 radical (unpaired) electrons. The van der Waals surface area contributed by atoms with Crippen molar-refractivity contribution >= 4 is 5.91 Å². The summed E-state index contributed by atoms with van der Waals surface area (Å²) in [6.45, 7) is 6.03. The first-order chi connectivity index (χ1) is 8.67. The van der Waals surface area contributed by atoms with Crippen LogP contribution in [0.2, 0.25) is 0 Å². The summed E-state index contributed by atoms with van der Waals surface area (Å²) in [7, 11) is 0. The summed E-state index contributed by atoms with van der Waals surface area (Å²) in [6, 6.07) is 0.411. The number of carbonyl (C=O) groups excluding carboxylic acids is 1. The van der Waals surface area contributed by atoms with Gasteiger partial charge in [-0.1, -0.05) is 13.3 Å². The second kappa shape index (κ2) is 8.52. The van der Waals surface area contributed by atoms with Gasteiger partial charge in [0.05, 0.1) is 0 Å². The minimum Gasteiger partial charge on any atom is -0.343 e. The van der Waals surface area contributed by atoms with E-state index in [9.17, 15) is 4.79 Å². The standard InChI is InChI=1S/C15H30N2O/c1-3-5-12-17(4-2)15(18)11-8-13-6-9-14(16)10-7-13/h13-14H,3-12,16H2,1-2H3. The Hall–Kier alpha value is -0.570. The molecule has 3 nitrogen and oxygen atoms in total. The fraction of sp³-hybridized carbons (Fsp3) is 0.933. The molecule has 106 valence electrons. The average molecular weight is 254 g/mol. The third-order valence-corrected chi connectivity index (χ3v) is 4.17. The van der Waals surface area contributed by atoms with E-state index >= 15 is 0 Å².